The third-order valence-electron chi connectivity index (χ3n) is 4.93. The normalized spacial score (nSPS) is 33.6. The summed E-state index contributed by atoms with van der Waals surface area (Å²) in [7, 11) is 2.10. The molecule has 2 rings (SSSR count). The fourth-order valence-electron chi connectivity index (χ4n) is 3.62. The van der Waals surface area contributed by atoms with E-state index in [-0.39, 0.29) is 23.9 Å². The zero-order valence-electron chi connectivity index (χ0n) is 13.0. The molecule has 6 heteroatoms. The van der Waals surface area contributed by atoms with Gasteiger partial charge in [0.1, 0.15) is 0 Å². The fourth-order valence-corrected chi connectivity index (χ4v) is 3.62. The van der Waals surface area contributed by atoms with Gasteiger partial charge in [-0.3, -0.25) is 4.79 Å². The smallest absolute Gasteiger partial charge is 0.315 e. The van der Waals surface area contributed by atoms with Crippen LogP contribution in [0.25, 0.3) is 0 Å². The van der Waals surface area contributed by atoms with E-state index in [9.17, 15) is 9.59 Å². The number of carbonyl (C=O) groups is 2. The minimum absolute atomic E-state index is 0.0724. The number of nitrogens with zero attached hydrogens (tertiary/aromatic N) is 1. The number of aliphatic carboxylic acids is 1. The molecule has 0 aromatic heterocycles. The summed E-state index contributed by atoms with van der Waals surface area (Å²) in [5.74, 6) is -0.521. The average Bonchev–Trinajstić information content (AvgIpc) is 2.88. The predicted molar refractivity (Wildman–Crippen MR) is 80.1 cm³/mol. The molecular formula is C15H27N3O3. The lowest BCUT2D eigenvalue weighted by Crippen LogP contribution is -2.52. The summed E-state index contributed by atoms with van der Waals surface area (Å²) >= 11 is 0. The lowest BCUT2D eigenvalue weighted by atomic mass is 9.94. The minimum atomic E-state index is -0.733. The molecule has 3 N–H and O–H groups in total. The van der Waals surface area contributed by atoms with Gasteiger partial charge in [0.05, 0.1) is 5.92 Å². The van der Waals surface area contributed by atoms with Crippen molar-refractivity contribution >= 4 is 12.0 Å². The van der Waals surface area contributed by atoms with Gasteiger partial charge in [0.25, 0.3) is 0 Å². The first-order chi connectivity index (χ1) is 9.97. The zero-order valence-corrected chi connectivity index (χ0v) is 13.0. The first-order valence-electron chi connectivity index (χ1n) is 7.93. The molecule has 2 aliphatic rings. The van der Waals surface area contributed by atoms with Crippen LogP contribution in [-0.2, 0) is 4.79 Å². The minimum Gasteiger partial charge on any atom is -0.481 e. The predicted octanol–water partition coefficient (Wildman–Crippen LogP) is 1.13. The van der Waals surface area contributed by atoms with Crippen molar-refractivity contribution in [2.75, 3.05) is 26.7 Å². The van der Waals surface area contributed by atoms with Gasteiger partial charge in [-0.25, -0.2) is 4.79 Å². The topological polar surface area (TPSA) is 81.7 Å². The molecule has 0 bridgehead atoms. The van der Waals surface area contributed by atoms with Gasteiger partial charge in [0, 0.05) is 19.1 Å². The summed E-state index contributed by atoms with van der Waals surface area (Å²) in [6.07, 6.45) is 3.53. The molecule has 0 radical (unpaired) electrons. The first kappa shape index (κ1) is 16.1. The highest BCUT2D eigenvalue weighted by atomic mass is 16.4. The summed E-state index contributed by atoms with van der Waals surface area (Å²) in [6, 6.07) is 0.0486. The highest BCUT2D eigenvalue weighted by Gasteiger charge is 2.33. The van der Waals surface area contributed by atoms with Crippen LogP contribution in [0.1, 0.15) is 32.6 Å². The van der Waals surface area contributed by atoms with Gasteiger partial charge < -0.3 is 20.6 Å². The molecule has 1 aliphatic heterocycles. The molecule has 6 nitrogen and oxygen atoms in total. The Kier molecular flexibility index (Phi) is 5.45. The number of carbonyl (C=O) groups excluding carboxylic acids is 1. The van der Waals surface area contributed by atoms with E-state index in [1.165, 1.54) is 0 Å². The van der Waals surface area contributed by atoms with Gasteiger partial charge in [-0.05, 0) is 44.7 Å². The molecule has 1 saturated heterocycles. The van der Waals surface area contributed by atoms with Crippen molar-refractivity contribution in [3.8, 4) is 0 Å². The third kappa shape index (κ3) is 4.33. The van der Waals surface area contributed by atoms with Crippen LogP contribution in [0.4, 0.5) is 4.79 Å². The maximum Gasteiger partial charge on any atom is 0.315 e. The van der Waals surface area contributed by atoms with E-state index in [4.69, 9.17) is 5.11 Å². The number of amides is 2. The monoisotopic (exact) mass is 297 g/mol. The zero-order chi connectivity index (χ0) is 15.4. The molecule has 4 atom stereocenters. The van der Waals surface area contributed by atoms with E-state index in [2.05, 4.69) is 29.5 Å². The summed E-state index contributed by atoms with van der Waals surface area (Å²) in [4.78, 5) is 25.4. The average molecular weight is 297 g/mol. The summed E-state index contributed by atoms with van der Waals surface area (Å²) < 4.78 is 0. The number of rotatable bonds is 4. The Labute approximate surface area is 126 Å². The van der Waals surface area contributed by atoms with Gasteiger partial charge >= 0.3 is 12.0 Å². The molecule has 21 heavy (non-hydrogen) atoms. The van der Waals surface area contributed by atoms with E-state index < -0.39 is 5.97 Å². The van der Waals surface area contributed by atoms with Gasteiger partial charge in [-0.2, -0.15) is 0 Å². The van der Waals surface area contributed by atoms with Crippen molar-refractivity contribution in [2.24, 2.45) is 17.8 Å². The lowest BCUT2D eigenvalue weighted by molar-refractivity contribution is -0.142. The Morgan fingerprint density at radius 2 is 2.05 bits per heavy atom. The largest absolute Gasteiger partial charge is 0.481 e. The van der Waals surface area contributed by atoms with Crippen LogP contribution in [0.2, 0.25) is 0 Å². The van der Waals surface area contributed by atoms with Gasteiger partial charge in [-0.15, -0.1) is 0 Å². The lowest BCUT2D eigenvalue weighted by Gasteiger charge is -2.35. The van der Waals surface area contributed by atoms with Gasteiger partial charge in [0.2, 0.25) is 0 Å². The molecule has 120 valence electrons. The van der Waals surface area contributed by atoms with Crippen molar-refractivity contribution < 1.29 is 14.7 Å². The molecule has 4 unspecified atom stereocenters. The quantitative estimate of drug-likeness (QED) is 0.726. The number of hydrogen-bond donors (Lipinski definition) is 3. The molecule has 2 fully saturated rings. The Hall–Kier alpha value is -1.30. The Bertz CT molecular complexity index is 388. The van der Waals surface area contributed by atoms with Crippen LogP contribution >= 0.6 is 0 Å². The molecule has 1 aliphatic carbocycles. The number of hydrogen-bond acceptors (Lipinski definition) is 3. The van der Waals surface area contributed by atoms with Gasteiger partial charge in [0.15, 0.2) is 0 Å². The maximum absolute atomic E-state index is 12.0. The van der Waals surface area contributed by atoms with Crippen LogP contribution < -0.4 is 10.6 Å². The Morgan fingerprint density at radius 1 is 1.29 bits per heavy atom. The van der Waals surface area contributed by atoms with Crippen LogP contribution in [0, 0.1) is 17.8 Å². The first-order valence-corrected chi connectivity index (χ1v) is 7.93. The Balaban J connectivity index is 1.73. The number of carboxylic acids is 1. The van der Waals surface area contributed by atoms with Crippen molar-refractivity contribution in [1.29, 1.82) is 0 Å². The maximum atomic E-state index is 12.0. The third-order valence-corrected chi connectivity index (χ3v) is 4.93. The molecule has 1 saturated carbocycles. The van der Waals surface area contributed by atoms with Crippen LogP contribution in [-0.4, -0.2) is 54.7 Å². The Morgan fingerprint density at radius 3 is 2.71 bits per heavy atom. The molecule has 0 spiro atoms. The molecule has 2 amide bonds. The van der Waals surface area contributed by atoms with E-state index >= 15 is 0 Å². The van der Waals surface area contributed by atoms with Crippen molar-refractivity contribution in [3.63, 3.8) is 0 Å². The summed E-state index contributed by atoms with van der Waals surface area (Å²) in [6.45, 7) is 4.61. The standard InChI is InChI=1S/C15H27N3O3/c1-10-9-18(2)7-6-13(10)17-15(21)16-8-11-4-3-5-12(11)14(19)20/h10-13H,3-9H2,1-2H3,(H,19,20)(H2,16,17,21). The summed E-state index contributed by atoms with van der Waals surface area (Å²) in [5, 5.41) is 15.0. The van der Waals surface area contributed by atoms with Crippen molar-refractivity contribution in [2.45, 2.75) is 38.6 Å². The van der Waals surface area contributed by atoms with E-state index in [0.29, 0.717) is 12.5 Å². The van der Waals surface area contributed by atoms with Crippen LogP contribution in [0.15, 0.2) is 0 Å². The fraction of sp³-hybridized carbons (Fsp3) is 0.867. The number of carboxylic acid groups (broad SMARTS) is 1. The van der Waals surface area contributed by atoms with E-state index in [0.717, 1.165) is 38.8 Å². The van der Waals surface area contributed by atoms with E-state index in [1.807, 2.05) is 0 Å². The van der Waals surface area contributed by atoms with Gasteiger partial charge in [-0.1, -0.05) is 13.3 Å². The number of urea groups is 1. The second-order valence-electron chi connectivity index (χ2n) is 6.62. The van der Waals surface area contributed by atoms with Crippen molar-refractivity contribution in [1.82, 2.24) is 15.5 Å². The number of nitrogens with one attached hydrogen (secondary N) is 2. The molecular weight excluding hydrogens is 270 g/mol. The van der Waals surface area contributed by atoms with Crippen LogP contribution in [0.5, 0.6) is 0 Å². The van der Waals surface area contributed by atoms with Crippen LogP contribution in [0.3, 0.4) is 0 Å². The number of likely N-dealkylation sites (tertiary alicyclic amines) is 1. The SMILES string of the molecule is CC1CN(C)CCC1NC(=O)NCC1CCCC1C(=O)O. The molecule has 1 heterocycles. The second-order valence-corrected chi connectivity index (χ2v) is 6.62. The highest BCUT2D eigenvalue weighted by Crippen LogP contribution is 2.31. The number of piperidine rings is 1. The van der Waals surface area contributed by atoms with Crippen molar-refractivity contribution in [3.05, 3.63) is 0 Å². The molecule has 0 aromatic carbocycles. The highest BCUT2D eigenvalue weighted by molar-refractivity contribution is 5.74. The summed E-state index contributed by atoms with van der Waals surface area (Å²) in [5.41, 5.74) is 0. The molecule has 0 aromatic rings. The second kappa shape index (κ2) is 7.11. The van der Waals surface area contributed by atoms with E-state index in [1.54, 1.807) is 0 Å².